The van der Waals surface area contributed by atoms with E-state index in [4.69, 9.17) is 4.74 Å². The molecule has 0 bridgehead atoms. The van der Waals surface area contributed by atoms with Crippen LogP contribution in [-0.2, 0) is 4.74 Å². The molecular formula is C11H21NO. The van der Waals surface area contributed by atoms with Crippen LogP contribution in [0.4, 0.5) is 0 Å². The predicted octanol–water partition coefficient (Wildman–Crippen LogP) is 1.97. The maximum atomic E-state index is 5.40. The van der Waals surface area contributed by atoms with Crippen LogP contribution in [0.25, 0.3) is 0 Å². The van der Waals surface area contributed by atoms with Crippen molar-refractivity contribution in [2.75, 3.05) is 19.8 Å². The third-order valence-electron chi connectivity index (χ3n) is 2.57. The molecule has 0 radical (unpaired) electrons. The van der Waals surface area contributed by atoms with Crippen molar-refractivity contribution in [3.8, 4) is 0 Å². The summed E-state index contributed by atoms with van der Waals surface area (Å²) >= 11 is 0. The van der Waals surface area contributed by atoms with Crippen LogP contribution < -0.4 is 5.32 Å². The molecule has 1 rings (SSSR count). The molecule has 0 aromatic carbocycles. The Morgan fingerprint density at radius 1 is 1.69 bits per heavy atom. The molecule has 0 aromatic rings. The lowest BCUT2D eigenvalue weighted by atomic mass is 9.94. The third-order valence-corrected chi connectivity index (χ3v) is 2.57. The van der Waals surface area contributed by atoms with Gasteiger partial charge in [-0.1, -0.05) is 12.5 Å². The second-order valence-corrected chi connectivity index (χ2v) is 3.95. The Morgan fingerprint density at radius 3 is 2.92 bits per heavy atom. The molecule has 1 N–H and O–H groups in total. The summed E-state index contributed by atoms with van der Waals surface area (Å²) in [5.74, 6) is 0.691. The molecule has 0 amide bonds. The number of nitrogens with one attached hydrogen (secondary N) is 1. The fraction of sp³-hybridized carbons (Fsp3) is 0.818. The van der Waals surface area contributed by atoms with Gasteiger partial charge < -0.3 is 10.1 Å². The maximum Gasteiger partial charge on any atom is 0.0510 e. The van der Waals surface area contributed by atoms with Crippen molar-refractivity contribution in [1.82, 2.24) is 5.32 Å². The third kappa shape index (κ3) is 3.49. The lowest BCUT2D eigenvalue weighted by Gasteiger charge is -2.23. The Kier molecular flexibility index (Phi) is 4.46. The number of hydrogen-bond acceptors (Lipinski definition) is 2. The Labute approximate surface area is 81.4 Å². The van der Waals surface area contributed by atoms with Crippen molar-refractivity contribution in [1.29, 1.82) is 0 Å². The molecule has 1 aliphatic rings. The van der Waals surface area contributed by atoms with Gasteiger partial charge in [0.1, 0.15) is 0 Å². The predicted molar refractivity (Wildman–Crippen MR) is 55.8 cm³/mol. The summed E-state index contributed by atoms with van der Waals surface area (Å²) in [7, 11) is 0. The van der Waals surface area contributed by atoms with E-state index < -0.39 is 0 Å². The van der Waals surface area contributed by atoms with Crippen LogP contribution in [0.3, 0.4) is 0 Å². The van der Waals surface area contributed by atoms with E-state index in [1.54, 1.807) is 0 Å². The van der Waals surface area contributed by atoms with E-state index in [-0.39, 0.29) is 0 Å². The number of ether oxygens (including phenoxy) is 1. The summed E-state index contributed by atoms with van der Waals surface area (Å²) in [5, 5.41) is 3.52. The van der Waals surface area contributed by atoms with Crippen LogP contribution in [0, 0.1) is 5.92 Å². The standard InChI is InChI=1S/C11H21NO/c1-4-12-11(7-9(2)3)10-5-6-13-8-10/h10-12H,2,4-8H2,1,3H3. The monoisotopic (exact) mass is 183 g/mol. The first kappa shape index (κ1) is 10.7. The minimum absolute atomic E-state index is 0.574. The first-order chi connectivity index (χ1) is 6.24. The minimum atomic E-state index is 0.574. The summed E-state index contributed by atoms with van der Waals surface area (Å²) in [6.45, 7) is 11.1. The molecule has 1 fully saturated rings. The SMILES string of the molecule is C=C(C)CC(NCC)C1CCOC1. The van der Waals surface area contributed by atoms with Gasteiger partial charge in [-0.25, -0.2) is 0 Å². The molecule has 1 saturated heterocycles. The highest BCUT2D eigenvalue weighted by Gasteiger charge is 2.24. The zero-order valence-corrected chi connectivity index (χ0v) is 8.81. The maximum absolute atomic E-state index is 5.40. The smallest absolute Gasteiger partial charge is 0.0510 e. The first-order valence-corrected chi connectivity index (χ1v) is 5.19. The summed E-state index contributed by atoms with van der Waals surface area (Å²) < 4.78 is 5.40. The van der Waals surface area contributed by atoms with Crippen LogP contribution in [0.1, 0.15) is 26.7 Å². The van der Waals surface area contributed by atoms with Crippen molar-refractivity contribution < 1.29 is 4.74 Å². The molecule has 1 aliphatic heterocycles. The summed E-state index contributed by atoms with van der Waals surface area (Å²) in [5.41, 5.74) is 1.26. The average Bonchev–Trinajstić information content (AvgIpc) is 2.54. The zero-order valence-electron chi connectivity index (χ0n) is 8.81. The molecule has 2 unspecified atom stereocenters. The highest BCUT2D eigenvalue weighted by molar-refractivity contribution is 4.95. The molecule has 2 atom stereocenters. The van der Waals surface area contributed by atoms with Crippen LogP contribution >= 0.6 is 0 Å². The van der Waals surface area contributed by atoms with Gasteiger partial charge in [-0.2, -0.15) is 0 Å². The molecule has 13 heavy (non-hydrogen) atoms. The highest BCUT2D eigenvalue weighted by atomic mass is 16.5. The molecule has 0 aliphatic carbocycles. The van der Waals surface area contributed by atoms with Crippen LogP contribution in [-0.4, -0.2) is 25.8 Å². The molecule has 0 spiro atoms. The van der Waals surface area contributed by atoms with E-state index in [1.165, 1.54) is 12.0 Å². The van der Waals surface area contributed by atoms with Gasteiger partial charge in [0.25, 0.3) is 0 Å². The van der Waals surface area contributed by atoms with Crippen LogP contribution in [0.15, 0.2) is 12.2 Å². The van der Waals surface area contributed by atoms with Gasteiger partial charge in [0.15, 0.2) is 0 Å². The van der Waals surface area contributed by atoms with E-state index >= 15 is 0 Å². The molecular weight excluding hydrogens is 162 g/mol. The van der Waals surface area contributed by atoms with Gasteiger partial charge in [-0.05, 0) is 26.3 Å². The van der Waals surface area contributed by atoms with E-state index in [0.717, 1.165) is 26.2 Å². The van der Waals surface area contributed by atoms with Gasteiger partial charge in [0, 0.05) is 18.6 Å². The summed E-state index contributed by atoms with van der Waals surface area (Å²) in [6.07, 6.45) is 2.28. The zero-order chi connectivity index (χ0) is 9.68. The second-order valence-electron chi connectivity index (χ2n) is 3.95. The van der Waals surface area contributed by atoms with Gasteiger partial charge in [0.05, 0.1) is 6.61 Å². The van der Waals surface area contributed by atoms with Crippen molar-refractivity contribution in [3.05, 3.63) is 12.2 Å². The molecule has 0 saturated carbocycles. The molecule has 1 heterocycles. The Morgan fingerprint density at radius 2 is 2.46 bits per heavy atom. The van der Waals surface area contributed by atoms with Crippen molar-refractivity contribution >= 4 is 0 Å². The molecule has 2 nitrogen and oxygen atoms in total. The first-order valence-electron chi connectivity index (χ1n) is 5.19. The topological polar surface area (TPSA) is 21.3 Å². The molecule has 76 valence electrons. The normalized spacial score (nSPS) is 24.6. The quantitative estimate of drug-likeness (QED) is 0.658. The van der Waals surface area contributed by atoms with E-state index in [2.05, 4.69) is 25.7 Å². The van der Waals surface area contributed by atoms with Gasteiger partial charge >= 0.3 is 0 Å². The Bertz CT molecular complexity index is 161. The van der Waals surface area contributed by atoms with Gasteiger partial charge in [-0.15, -0.1) is 6.58 Å². The number of rotatable bonds is 5. The Hall–Kier alpha value is -0.340. The summed E-state index contributed by atoms with van der Waals surface area (Å²) in [6, 6.07) is 0.574. The van der Waals surface area contributed by atoms with Crippen molar-refractivity contribution in [2.45, 2.75) is 32.7 Å². The van der Waals surface area contributed by atoms with E-state index in [1.807, 2.05) is 0 Å². The van der Waals surface area contributed by atoms with Crippen molar-refractivity contribution in [2.24, 2.45) is 5.92 Å². The number of hydrogen-bond donors (Lipinski definition) is 1. The fourth-order valence-electron chi connectivity index (χ4n) is 1.91. The lowest BCUT2D eigenvalue weighted by molar-refractivity contribution is 0.176. The van der Waals surface area contributed by atoms with Crippen molar-refractivity contribution in [3.63, 3.8) is 0 Å². The van der Waals surface area contributed by atoms with Gasteiger partial charge in [-0.3, -0.25) is 0 Å². The van der Waals surface area contributed by atoms with Crippen LogP contribution in [0.2, 0.25) is 0 Å². The molecule has 2 heteroatoms. The largest absolute Gasteiger partial charge is 0.381 e. The van der Waals surface area contributed by atoms with Gasteiger partial charge in [0.2, 0.25) is 0 Å². The van der Waals surface area contributed by atoms with Crippen LogP contribution in [0.5, 0.6) is 0 Å². The lowest BCUT2D eigenvalue weighted by Crippen LogP contribution is -2.36. The second kappa shape index (κ2) is 5.40. The summed E-state index contributed by atoms with van der Waals surface area (Å²) in [4.78, 5) is 0. The fourth-order valence-corrected chi connectivity index (χ4v) is 1.91. The van der Waals surface area contributed by atoms with E-state index in [9.17, 15) is 0 Å². The average molecular weight is 183 g/mol. The Balaban J connectivity index is 2.39. The minimum Gasteiger partial charge on any atom is -0.381 e. The highest BCUT2D eigenvalue weighted by Crippen LogP contribution is 2.20. The van der Waals surface area contributed by atoms with E-state index in [0.29, 0.717) is 12.0 Å². The molecule has 0 aromatic heterocycles.